The summed E-state index contributed by atoms with van der Waals surface area (Å²) in [5.74, 6) is 0.317. The molecule has 1 atom stereocenters. The highest BCUT2D eigenvalue weighted by molar-refractivity contribution is 9.10. The number of hydrogen-bond donors (Lipinski definition) is 2. The largest absolute Gasteiger partial charge is 0.461 e. The zero-order chi connectivity index (χ0) is 16.1. The SMILES string of the molecule is CSCCOC(=O)C1=C(C)NC(=O)N[C@@H]1c1ccccc1Br. The summed E-state index contributed by atoms with van der Waals surface area (Å²) in [5, 5.41) is 5.41. The Labute approximate surface area is 142 Å². The van der Waals surface area contributed by atoms with E-state index in [9.17, 15) is 9.59 Å². The van der Waals surface area contributed by atoms with Crippen LogP contribution in [0, 0.1) is 0 Å². The fraction of sp³-hybridized carbons (Fsp3) is 0.333. The van der Waals surface area contributed by atoms with Crippen LogP contribution in [-0.2, 0) is 9.53 Å². The third kappa shape index (κ3) is 3.84. The van der Waals surface area contributed by atoms with Crippen molar-refractivity contribution < 1.29 is 14.3 Å². The number of ether oxygens (including phenoxy) is 1. The quantitative estimate of drug-likeness (QED) is 0.604. The maximum absolute atomic E-state index is 12.4. The number of nitrogens with one attached hydrogen (secondary N) is 2. The molecule has 1 aliphatic heterocycles. The van der Waals surface area contributed by atoms with Gasteiger partial charge in [0, 0.05) is 15.9 Å². The highest BCUT2D eigenvalue weighted by Gasteiger charge is 2.33. The van der Waals surface area contributed by atoms with Gasteiger partial charge in [-0.15, -0.1) is 0 Å². The number of halogens is 1. The lowest BCUT2D eigenvalue weighted by molar-refractivity contribution is -0.138. The minimum Gasteiger partial charge on any atom is -0.461 e. The van der Waals surface area contributed by atoms with Gasteiger partial charge in [-0.05, 0) is 24.8 Å². The van der Waals surface area contributed by atoms with Crippen molar-refractivity contribution in [2.75, 3.05) is 18.6 Å². The van der Waals surface area contributed by atoms with Crippen LogP contribution in [0.2, 0.25) is 0 Å². The third-order valence-electron chi connectivity index (χ3n) is 3.23. The van der Waals surface area contributed by atoms with E-state index in [1.165, 1.54) is 0 Å². The first kappa shape index (κ1) is 16.9. The zero-order valence-electron chi connectivity index (χ0n) is 12.3. The number of carbonyl (C=O) groups excluding carboxylic acids is 2. The second kappa shape index (κ2) is 7.69. The molecule has 7 heteroatoms. The van der Waals surface area contributed by atoms with Crippen molar-refractivity contribution >= 4 is 39.7 Å². The van der Waals surface area contributed by atoms with Gasteiger partial charge in [-0.1, -0.05) is 34.1 Å². The van der Waals surface area contributed by atoms with Crippen LogP contribution in [0.3, 0.4) is 0 Å². The van der Waals surface area contributed by atoms with E-state index in [2.05, 4.69) is 26.6 Å². The molecule has 2 rings (SSSR count). The molecule has 0 aromatic heterocycles. The van der Waals surface area contributed by atoms with Crippen LogP contribution in [-0.4, -0.2) is 30.6 Å². The smallest absolute Gasteiger partial charge is 0.338 e. The molecule has 1 aliphatic rings. The maximum atomic E-state index is 12.4. The van der Waals surface area contributed by atoms with E-state index in [0.717, 1.165) is 15.8 Å². The number of amides is 2. The van der Waals surface area contributed by atoms with Gasteiger partial charge in [0.05, 0.1) is 11.6 Å². The van der Waals surface area contributed by atoms with Gasteiger partial charge in [-0.3, -0.25) is 0 Å². The minimum atomic E-state index is -0.536. The van der Waals surface area contributed by atoms with Gasteiger partial charge in [0.2, 0.25) is 0 Å². The van der Waals surface area contributed by atoms with Crippen LogP contribution in [0.4, 0.5) is 4.79 Å². The molecule has 1 heterocycles. The van der Waals surface area contributed by atoms with Crippen LogP contribution in [0.5, 0.6) is 0 Å². The van der Waals surface area contributed by atoms with Gasteiger partial charge in [-0.25, -0.2) is 9.59 Å². The maximum Gasteiger partial charge on any atom is 0.338 e. The molecule has 5 nitrogen and oxygen atoms in total. The normalized spacial score (nSPS) is 17.8. The van der Waals surface area contributed by atoms with Crippen molar-refractivity contribution in [3.05, 3.63) is 45.6 Å². The summed E-state index contributed by atoms with van der Waals surface area (Å²) in [6.45, 7) is 2.04. The Morgan fingerprint density at radius 1 is 1.41 bits per heavy atom. The lowest BCUT2D eigenvalue weighted by atomic mass is 9.96. The number of rotatable bonds is 5. The van der Waals surface area contributed by atoms with Crippen LogP contribution in [0.25, 0.3) is 0 Å². The minimum absolute atomic E-state index is 0.334. The fourth-order valence-electron chi connectivity index (χ4n) is 2.20. The topological polar surface area (TPSA) is 67.4 Å². The molecule has 0 saturated carbocycles. The van der Waals surface area contributed by atoms with Gasteiger partial charge in [0.15, 0.2) is 0 Å². The number of benzene rings is 1. The Morgan fingerprint density at radius 2 is 2.14 bits per heavy atom. The highest BCUT2D eigenvalue weighted by atomic mass is 79.9. The van der Waals surface area contributed by atoms with E-state index in [1.807, 2.05) is 30.5 Å². The number of hydrogen-bond acceptors (Lipinski definition) is 4. The first-order chi connectivity index (χ1) is 10.5. The summed E-state index contributed by atoms with van der Waals surface area (Å²) in [6.07, 6.45) is 1.95. The van der Waals surface area contributed by atoms with Crippen molar-refractivity contribution in [2.24, 2.45) is 0 Å². The van der Waals surface area contributed by atoms with Gasteiger partial charge < -0.3 is 15.4 Å². The molecule has 0 unspecified atom stereocenters. The first-order valence-electron chi connectivity index (χ1n) is 6.73. The molecule has 0 bridgehead atoms. The fourth-order valence-corrected chi connectivity index (χ4v) is 2.97. The number of carbonyl (C=O) groups is 2. The lowest BCUT2D eigenvalue weighted by Crippen LogP contribution is -2.45. The van der Waals surface area contributed by atoms with E-state index in [0.29, 0.717) is 17.9 Å². The van der Waals surface area contributed by atoms with Crippen LogP contribution in [0.1, 0.15) is 18.5 Å². The Bertz CT molecular complexity index is 619. The summed E-state index contributed by atoms with van der Waals surface area (Å²) >= 11 is 5.07. The van der Waals surface area contributed by atoms with Crippen molar-refractivity contribution in [1.82, 2.24) is 10.6 Å². The molecule has 0 radical (unpaired) electrons. The van der Waals surface area contributed by atoms with E-state index >= 15 is 0 Å². The first-order valence-corrected chi connectivity index (χ1v) is 8.92. The van der Waals surface area contributed by atoms with Crippen molar-refractivity contribution in [1.29, 1.82) is 0 Å². The lowest BCUT2D eigenvalue weighted by Gasteiger charge is -2.28. The third-order valence-corrected chi connectivity index (χ3v) is 4.52. The molecule has 2 amide bonds. The van der Waals surface area contributed by atoms with E-state index in [4.69, 9.17) is 4.74 Å². The number of esters is 1. The van der Waals surface area contributed by atoms with Gasteiger partial charge in [-0.2, -0.15) is 11.8 Å². The molecule has 22 heavy (non-hydrogen) atoms. The average molecular weight is 385 g/mol. The average Bonchev–Trinajstić information content (AvgIpc) is 2.47. The molecule has 0 saturated heterocycles. The monoisotopic (exact) mass is 384 g/mol. The Hall–Kier alpha value is -1.47. The van der Waals surface area contributed by atoms with E-state index < -0.39 is 12.0 Å². The van der Waals surface area contributed by atoms with Crippen molar-refractivity contribution in [2.45, 2.75) is 13.0 Å². The predicted octanol–water partition coefficient (Wildman–Crippen LogP) is 2.98. The van der Waals surface area contributed by atoms with E-state index in [-0.39, 0.29) is 6.03 Å². The summed E-state index contributed by atoms with van der Waals surface area (Å²) in [4.78, 5) is 24.2. The summed E-state index contributed by atoms with van der Waals surface area (Å²) in [6, 6.07) is 6.60. The molecular formula is C15H17BrN2O3S. The zero-order valence-corrected chi connectivity index (χ0v) is 14.7. The molecule has 1 aromatic rings. The Morgan fingerprint density at radius 3 is 2.82 bits per heavy atom. The summed E-state index contributed by atoms with van der Waals surface area (Å²) in [5.41, 5.74) is 1.75. The van der Waals surface area contributed by atoms with Crippen LogP contribution >= 0.6 is 27.7 Å². The molecule has 0 aliphatic carbocycles. The van der Waals surface area contributed by atoms with Crippen molar-refractivity contribution in [3.8, 4) is 0 Å². The molecule has 2 N–H and O–H groups in total. The molecule has 118 valence electrons. The number of thioether (sulfide) groups is 1. The number of urea groups is 1. The van der Waals surface area contributed by atoms with Gasteiger partial charge in [0.1, 0.15) is 6.61 Å². The number of allylic oxidation sites excluding steroid dienone is 1. The predicted molar refractivity (Wildman–Crippen MR) is 90.6 cm³/mol. The van der Waals surface area contributed by atoms with E-state index in [1.54, 1.807) is 18.7 Å². The summed E-state index contributed by atoms with van der Waals surface area (Å²) < 4.78 is 6.12. The second-order valence-electron chi connectivity index (χ2n) is 4.72. The molecule has 1 aromatic carbocycles. The highest BCUT2D eigenvalue weighted by Crippen LogP contribution is 2.32. The standard InChI is InChI=1S/C15H17BrN2O3S/c1-9-12(14(19)21-7-8-22-2)13(18-15(20)17-9)10-5-3-4-6-11(10)16/h3-6,13H,7-8H2,1-2H3,(H2,17,18,20)/t13-/m1/s1. The molecule has 0 fully saturated rings. The van der Waals surface area contributed by atoms with Crippen LogP contribution in [0.15, 0.2) is 40.0 Å². The van der Waals surface area contributed by atoms with Gasteiger partial charge >= 0.3 is 12.0 Å². The second-order valence-corrected chi connectivity index (χ2v) is 6.56. The van der Waals surface area contributed by atoms with Crippen LogP contribution < -0.4 is 10.6 Å². The van der Waals surface area contributed by atoms with Crippen molar-refractivity contribution in [3.63, 3.8) is 0 Å². The Balaban J connectivity index is 2.33. The summed E-state index contributed by atoms with van der Waals surface area (Å²) in [7, 11) is 0. The molecule has 0 spiro atoms. The Kier molecular flexibility index (Phi) is 5.90. The molecular weight excluding hydrogens is 368 g/mol. The van der Waals surface area contributed by atoms with Gasteiger partial charge in [0.25, 0.3) is 0 Å².